The van der Waals surface area contributed by atoms with Gasteiger partial charge in [0.15, 0.2) is 0 Å². The molecule has 0 saturated carbocycles. The Kier molecular flexibility index (Phi) is 6.97. The van der Waals surface area contributed by atoms with Crippen LogP contribution in [0.5, 0.6) is 0 Å². The van der Waals surface area contributed by atoms with Crippen molar-refractivity contribution in [1.29, 1.82) is 0 Å². The van der Waals surface area contributed by atoms with E-state index in [0.29, 0.717) is 16.0 Å². The van der Waals surface area contributed by atoms with Crippen LogP contribution in [0.1, 0.15) is 6.42 Å². The Balaban J connectivity index is 0.00000200. The molecular formula is C12H15BrCl2N2O2S. The molecule has 112 valence electrons. The molecule has 0 amide bonds. The zero-order chi connectivity index (χ0) is 13.9. The summed E-state index contributed by atoms with van der Waals surface area (Å²) in [5.41, 5.74) is 1.11. The van der Waals surface area contributed by atoms with Crippen LogP contribution in [0.3, 0.4) is 0 Å². The molecule has 0 atom stereocenters. The first-order chi connectivity index (χ1) is 8.99. The van der Waals surface area contributed by atoms with Crippen molar-refractivity contribution in [2.45, 2.75) is 11.3 Å². The molecule has 0 fully saturated rings. The van der Waals surface area contributed by atoms with Crippen molar-refractivity contribution < 1.29 is 8.42 Å². The third-order valence-corrected chi connectivity index (χ3v) is 5.46. The molecule has 1 aromatic carbocycles. The zero-order valence-electron chi connectivity index (χ0n) is 10.5. The number of rotatable bonds is 4. The van der Waals surface area contributed by atoms with Gasteiger partial charge in [-0.1, -0.05) is 23.3 Å². The summed E-state index contributed by atoms with van der Waals surface area (Å²) in [5.74, 6) is 0. The summed E-state index contributed by atoms with van der Waals surface area (Å²) in [6, 6.07) is 4.55. The summed E-state index contributed by atoms with van der Waals surface area (Å²) in [6.07, 6.45) is 2.89. The number of halogens is 3. The lowest BCUT2D eigenvalue weighted by molar-refractivity contribution is 0.582. The molecule has 20 heavy (non-hydrogen) atoms. The maximum atomic E-state index is 12.1. The largest absolute Gasteiger partial charge is 0.313 e. The van der Waals surface area contributed by atoms with Crippen LogP contribution in [0.4, 0.5) is 0 Å². The lowest BCUT2D eigenvalue weighted by atomic mass is 10.1. The molecule has 0 saturated heterocycles. The maximum Gasteiger partial charge on any atom is 0.240 e. The summed E-state index contributed by atoms with van der Waals surface area (Å²) in [5, 5.41) is 3.67. The van der Waals surface area contributed by atoms with Gasteiger partial charge < -0.3 is 5.32 Å². The fourth-order valence-corrected chi connectivity index (χ4v) is 3.46. The zero-order valence-corrected chi connectivity index (χ0v) is 14.5. The highest BCUT2D eigenvalue weighted by molar-refractivity contribution is 9.10. The first-order valence-corrected chi connectivity index (χ1v) is 8.48. The molecule has 0 aromatic heterocycles. The van der Waals surface area contributed by atoms with Gasteiger partial charge in [0.25, 0.3) is 0 Å². The van der Waals surface area contributed by atoms with Crippen LogP contribution in [0, 0.1) is 0 Å². The Morgan fingerprint density at radius 3 is 2.75 bits per heavy atom. The first-order valence-electron chi connectivity index (χ1n) is 5.82. The SMILES string of the molecule is Cl.O=S(=O)(NCC1=CCNCC1)c1ccc(Cl)c(Br)c1. The van der Waals surface area contributed by atoms with Gasteiger partial charge in [-0.25, -0.2) is 13.1 Å². The van der Waals surface area contributed by atoms with Crippen molar-refractivity contribution in [3.8, 4) is 0 Å². The summed E-state index contributed by atoms with van der Waals surface area (Å²) in [7, 11) is -3.50. The second-order valence-corrected chi connectivity index (χ2v) is 7.25. The molecule has 0 unspecified atom stereocenters. The van der Waals surface area contributed by atoms with E-state index in [1.807, 2.05) is 6.08 Å². The standard InChI is InChI=1S/C12H14BrClN2O2S.ClH/c13-11-7-10(1-2-12(11)14)19(17,18)16-8-9-3-5-15-6-4-9;/h1-3,7,15-16H,4-6,8H2;1H. The van der Waals surface area contributed by atoms with Gasteiger partial charge in [-0.3, -0.25) is 0 Å². The second-order valence-electron chi connectivity index (χ2n) is 4.22. The van der Waals surface area contributed by atoms with Gasteiger partial charge in [-0.15, -0.1) is 12.4 Å². The van der Waals surface area contributed by atoms with E-state index in [1.165, 1.54) is 12.1 Å². The minimum Gasteiger partial charge on any atom is -0.313 e. The normalized spacial score (nSPS) is 15.4. The molecule has 1 heterocycles. The summed E-state index contributed by atoms with van der Waals surface area (Å²) in [6.45, 7) is 2.04. The average Bonchev–Trinajstić information content (AvgIpc) is 2.41. The van der Waals surface area contributed by atoms with E-state index in [4.69, 9.17) is 11.6 Å². The highest BCUT2D eigenvalue weighted by atomic mass is 79.9. The number of nitrogens with one attached hydrogen (secondary N) is 2. The average molecular weight is 402 g/mol. The molecule has 0 bridgehead atoms. The van der Waals surface area contributed by atoms with Crippen LogP contribution < -0.4 is 10.0 Å². The molecule has 1 aliphatic heterocycles. The maximum absolute atomic E-state index is 12.1. The molecule has 0 aliphatic carbocycles. The molecule has 8 heteroatoms. The van der Waals surface area contributed by atoms with Gasteiger partial charge in [0.2, 0.25) is 10.0 Å². The first kappa shape index (κ1) is 17.9. The van der Waals surface area contributed by atoms with E-state index in [2.05, 4.69) is 26.0 Å². The fourth-order valence-electron chi connectivity index (χ4n) is 1.75. The van der Waals surface area contributed by atoms with Crippen LogP contribution in [0.25, 0.3) is 0 Å². The predicted octanol–water partition coefficient (Wildman–Crippen LogP) is 2.72. The quantitative estimate of drug-likeness (QED) is 0.762. The van der Waals surface area contributed by atoms with Crippen molar-refractivity contribution in [3.63, 3.8) is 0 Å². The number of sulfonamides is 1. The molecular weight excluding hydrogens is 387 g/mol. The van der Waals surface area contributed by atoms with E-state index in [9.17, 15) is 8.42 Å². The molecule has 1 aromatic rings. The van der Waals surface area contributed by atoms with Crippen LogP contribution in [0.15, 0.2) is 39.2 Å². The van der Waals surface area contributed by atoms with Crippen molar-refractivity contribution >= 4 is 50.0 Å². The van der Waals surface area contributed by atoms with Crippen LogP contribution >= 0.6 is 39.9 Å². The Morgan fingerprint density at radius 1 is 1.40 bits per heavy atom. The highest BCUT2D eigenvalue weighted by Crippen LogP contribution is 2.25. The number of benzene rings is 1. The number of hydrogen-bond acceptors (Lipinski definition) is 3. The highest BCUT2D eigenvalue weighted by Gasteiger charge is 2.16. The molecule has 0 radical (unpaired) electrons. The monoisotopic (exact) mass is 400 g/mol. The Bertz CT molecular complexity index is 605. The molecule has 2 rings (SSSR count). The lowest BCUT2D eigenvalue weighted by Crippen LogP contribution is -2.29. The van der Waals surface area contributed by atoms with Crippen LogP contribution in [0.2, 0.25) is 5.02 Å². The molecule has 4 nitrogen and oxygen atoms in total. The second kappa shape index (κ2) is 7.77. The third-order valence-electron chi connectivity index (χ3n) is 2.85. The van der Waals surface area contributed by atoms with Gasteiger partial charge in [0.1, 0.15) is 0 Å². The van der Waals surface area contributed by atoms with E-state index < -0.39 is 10.0 Å². The molecule has 0 spiro atoms. The van der Waals surface area contributed by atoms with Crippen LogP contribution in [-0.2, 0) is 10.0 Å². The predicted molar refractivity (Wildman–Crippen MR) is 87.2 cm³/mol. The fraction of sp³-hybridized carbons (Fsp3) is 0.333. The van der Waals surface area contributed by atoms with Gasteiger partial charge in [0.05, 0.1) is 9.92 Å². The minimum absolute atomic E-state index is 0. The Labute approximate surface area is 138 Å². The smallest absolute Gasteiger partial charge is 0.240 e. The van der Waals surface area contributed by atoms with E-state index in [-0.39, 0.29) is 17.3 Å². The van der Waals surface area contributed by atoms with E-state index in [1.54, 1.807) is 6.07 Å². The minimum atomic E-state index is -3.50. The lowest BCUT2D eigenvalue weighted by Gasteiger charge is -2.15. The number of hydrogen-bond donors (Lipinski definition) is 2. The van der Waals surface area contributed by atoms with Gasteiger partial charge in [-0.2, -0.15) is 0 Å². The van der Waals surface area contributed by atoms with E-state index in [0.717, 1.165) is 25.1 Å². The van der Waals surface area contributed by atoms with Gasteiger partial charge >= 0.3 is 0 Å². The van der Waals surface area contributed by atoms with Crippen molar-refractivity contribution in [2.24, 2.45) is 0 Å². The molecule has 1 aliphatic rings. The van der Waals surface area contributed by atoms with Crippen molar-refractivity contribution in [3.05, 3.63) is 39.3 Å². The molecule has 2 N–H and O–H groups in total. The summed E-state index contributed by atoms with van der Waals surface area (Å²) in [4.78, 5) is 0.207. The van der Waals surface area contributed by atoms with Gasteiger partial charge in [0, 0.05) is 17.6 Å². The third kappa shape index (κ3) is 4.72. The van der Waals surface area contributed by atoms with Crippen molar-refractivity contribution in [1.82, 2.24) is 10.0 Å². The van der Waals surface area contributed by atoms with Crippen molar-refractivity contribution in [2.75, 3.05) is 19.6 Å². The summed E-state index contributed by atoms with van der Waals surface area (Å²) >= 11 is 9.07. The van der Waals surface area contributed by atoms with E-state index >= 15 is 0 Å². The van der Waals surface area contributed by atoms with Crippen LogP contribution in [-0.4, -0.2) is 28.1 Å². The Hall–Kier alpha value is -0.110. The van der Waals surface area contributed by atoms with Gasteiger partial charge in [-0.05, 0) is 47.1 Å². The Morgan fingerprint density at radius 2 is 2.15 bits per heavy atom. The summed E-state index contributed by atoms with van der Waals surface area (Å²) < 4.78 is 27.4. The topological polar surface area (TPSA) is 58.2 Å².